The molecule has 0 radical (unpaired) electrons. The third-order valence-corrected chi connectivity index (χ3v) is 4.28. The number of halogens is 2. The molecule has 7 heteroatoms. The Hall–Kier alpha value is -2.41. The van der Waals surface area contributed by atoms with E-state index >= 15 is 0 Å². The summed E-state index contributed by atoms with van der Waals surface area (Å²) >= 11 is 3.37. The fourth-order valence-corrected chi connectivity index (χ4v) is 3.00. The van der Waals surface area contributed by atoms with E-state index in [4.69, 9.17) is 0 Å². The lowest BCUT2D eigenvalue weighted by Gasteiger charge is -2.19. The average molecular weight is 393 g/mol. The summed E-state index contributed by atoms with van der Waals surface area (Å²) in [4.78, 5) is 27.0. The second-order valence-corrected chi connectivity index (χ2v) is 6.14. The number of hydrogen-bond acceptors (Lipinski definition) is 3. The Morgan fingerprint density at radius 1 is 1.17 bits per heavy atom. The van der Waals surface area contributed by atoms with Crippen LogP contribution in [0.25, 0.3) is 0 Å². The topological polar surface area (TPSA) is 49.9 Å². The molecule has 1 saturated heterocycles. The zero-order chi connectivity index (χ0) is 17.3. The van der Waals surface area contributed by atoms with Crippen molar-refractivity contribution >= 4 is 39.3 Å². The molecule has 0 atom stereocenters. The molecule has 2 amide bonds. The van der Waals surface area contributed by atoms with Crippen LogP contribution in [0.15, 0.2) is 46.9 Å². The van der Waals surface area contributed by atoms with Crippen molar-refractivity contribution in [1.82, 2.24) is 0 Å². The molecule has 2 aromatic rings. The zero-order valence-electron chi connectivity index (χ0n) is 12.8. The predicted octanol–water partition coefficient (Wildman–Crippen LogP) is 3.82. The summed E-state index contributed by atoms with van der Waals surface area (Å²) in [7, 11) is 1.23. The van der Waals surface area contributed by atoms with Crippen molar-refractivity contribution in [1.29, 1.82) is 0 Å². The molecule has 0 bridgehead atoms. The Labute approximate surface area is 146 Å². The Bertz CT molecular complexity index is 812. The first-order valence-electron chi connectivity index (χ1n) is 7.23. The maximum absolute atomic E-state index is 14.3. The number of methoxy groups -OCH3 is 1. The number of carbonyl (C=O) groups excluding carboxylic acids is 2. The Kier molecular flexibility index (Phi) is 4.53. The van der Waals surface area contributed by atoms with Crippen molar-refractivity contribution in [3.05, 3.63) is 58.3 Å². The first-order valence-corrected chi connectivity index (χ1v) is 8.03. The van der Waals surface area contributed by atoms with E-state index in [0.717, 1.165) is 16.2 Å². The van der Waals surface area contributed by atoms with Gasteiger partial charge >= 0.3 is 12.0 Å². The summed E-state index contributed by atoms with van der Waals surface area (Å²) in [5.41, 5.74) is 0.989. The minimum absolute atomic E-state index is 0.106. The van der Waals surface area contributed by atoms with E-state index in [1.807, 2.05) is 24.3 Å². The second kappa shape index (κ2) is 6.60. The van der Waals surface area contributed by atoms with Crippen LogP contribution in [0, 0.1) is 5.82 Å². The molecule has 0 saturated carbocycles. The molecule has 1 aliphatic heterocycles. The first-order chi connectivity index (χ1) is 11.5. The van der Waals surface area contributed by atoms with Gasteiger partial charge < -0.3 is 4.74 Å². The van der Waals surface area contributed by atoms with Crippen LogP contribution in [0.5, 0.6) is 0 Å². The van der Waals surface area contributed by atoms with Crippen molar-refractivity contribution in [2.24, 2.45) is 0 Å². The van der Waals surface area contributed by atoms with Gasteiger partial charge in [-0.1, -0.05) is 22.0 Å². The number of amides is 2. The van der Waals surface area contributed by atoms with E-state index in [1.54, 1.807) is 4.90 Å². The predicted molar refractivity (Wildman–Crippen MR) is 92.0 cm³/mol. The number of ether oxygens (including phenoxy) is 1. The van der Waals surface area contributed by atoms with Gasteiger partial charge in [-0.2, -0.15) is 0 Å². The summed E-state index contributed by atoms with van der Waals surface area (Å²) in [6.45, 7) is 0.813. The van der Waals surface area contributed by atoms with E-state index in [9.17, 15) is 14.0 Å². The van der Waals surface area contributed by atoms with Gasteiger partial charge in [0.25, 0.3) is 0 Å². The molecule has 1 aliphatic rings. The van der Waals surface area contributed by atoms with Gasteiger partial charge in [-0.25, -0.2) is 14.0 Å². The van der Waals surface area contributed by atoms with E-state index in [1.165, 1.54) is 24.1 Å². The van der Waals surface area contributed by atoms with E-state index in [0.29, 0.717) is 13.1 Å². The molecule has 5 nitrogen and oxygen atoms in total. The number of carbonyl (C=O) groups is 2. The third-order valence-electron chi connectivity index (χ3n) is 3.79. The van der Waals surface area contributed by atoms with Crippen LogP contribution in [0.1, 0.15) is 10.4 Å². The highest BCUT2D eigenvalue weighted by Gasteiger charge is 2.32. The van der Waals surface area contributed by atoms with Gasteiger partial charge in [0, 0.05) is 23.2 Å². The van der Waals surface area contributed by atoms with Gasteiger partial charge in [0.15, 0.2) is 0 Å². The van der Waals surface area contributed by atoms with Crippen LogP contribution in [-0.2, 0) is 4.74 Å². The molecule has 0 aromatic heterocycles. The van der Waals surface area contributed by atoms with E-state index < -0.39 is 11.8 Å². The van der Waals surface area contributed by atoms with Crippen LogP contribution in [0.3, 0.4) is 0 Å². The van der Waals surface area contributed by atoms with Crippen LogP contribution in [0.2, 0.25) is 0 Å². The minimum Gasteiger partial charge on any atom is -0.465 e. The molecule has 1 fully saturated rings. The molecule has 3 rings (SSSR count). The lowest BCUT2D eigenvalue weighted by atomic mass is 10.2. The summed E-state index contributed by atoms with van der Waals surface area (Å²) in [5.74, 6) is -1.26. The van der Waals surface area contributed by atoms with Crippen LogP contribution >= 0.6 is 15.9 Å². The highest BCUT2D eigenvalue weighted by molar-refractivity contribution is 9.10. The van der Waals surface area contributed by atoms with Crippen LogP contribution in [0.4, 0.5) is 20.6 Å². The fraction of sp³-hybridized carbons (Fsp3) is 0.176. The molecule has 0 spiro atoms. The highest BCUT2D eigenvalue weighted by atomic mass is 79.9. The Morgan fingerprint density at radius 2 is 1.92 bits per heavy atom. The van der Waals surface area contributed by atoms with Crippen molar-refractivity contribution < 1.29 is 18.7 Å². The lowest BCUT2D eigenvalue weighted by Crippen LogP contribution is -2.32. The van der Waals surface area contributed by atoms with Gasteiger partial charge in [0.2, 0.25) is 0 Å². The summed E-state index contributed by atoms with van der Waals surface area (Å²) in [6.07, 6.45) is 0. The van der Waals surface area contributed by atoms with Gasteiger partial charge in [-0.05, 0) is 36.4 Å². The van der Waals surface area contributed by atoms with Gasteiger partial charge in [0.1, 0.15) is 5.82 Å². The monoisotopic (exact) mass is 392 g/mol. The van der Waals surface area contributed by atoms with E-state index in [-0.39, 0.29) is 17.3 Å². The summed E-state index contributed by atoms with van der Waals surface area (Å²) < 4.78 is 19.8. The number of urea groups is 1. The van der Waals surface area contributed by atoms with Crippen molar-refractivity contribution in [2.45, 2.75) is 0 Å². The van der Waals surface area contributed by atoms with Crippen LogP contribution < -0.4 is 9.80 Å². The van der Waals surface area contributed by atoms with Gasteiger partial charge in [-0.3, -0.25) is 9.80 Å². The van der Waals surface area contributed by atoms with Crippen LogP contribution in [-0.4, -0.2) is 32.2 Å². The molecule has 2 aromatic carbocycles. The first kappa shape index (κ1) is 16.4. The van der Waals surface area contributed by atoms with Gasteiger partial charge in [0.05, 0.1) is 18.4 Å². The quantitative estimate of drug-likeness (QED) is 0.745. The minimum atomic E-state index is -0.637. The maximum Gasteiger partial charge on any atom is 0.337 e. The largest absolute Gasteiger partial charge is 0.465 e. The third kappa shape index (κ3) is 2.99. The van der Waals surface area contributed by atoms with Gasteiger partial charge in [-0.15, -0.1) is 0 Å². The summed E-state index contributed by atoms with van der Waals surface area (Å²) in [5, 5.41) is 0. The average Bonchev–Trinajstić information content (AvgIpc) is 2.95. The van der Waals surface area contributed by atoms with E-state index in [2.05, 4.69) is 20.7 Å². The molecular weight excluding hydrogens is 379 g/mol. The Balaban J connectivity index is 1.86. The second-order valence-electron chi connectivity index (χ2n) is 5.22. The zero-order valence-corrected chi connectivity index (χ0v) is 14.4. The molecule has 1 heterocycles. The molecule has 0 aliphatic carbocycles. The fourth-order valence-electron chi connectivity index (χ4n) is 2.61. The smallest absolute Gasteiger partial charge is 0.337 e. The number of esters is 1. The number of hydrogen-bond donors (Lipinski definition) is 0. The molecular formula is C17H14BrFN2O3. The normalized spacial score (nSPS) is 14.2. The number of anilines is 2. The SMILES string of the molecule is COC(=O)c1ccc(N2CCN(c3cccc(Br)c3)C2=O)c(F)c1. The highest BCUT2D eigenvalue weighted by Crippen LogP contribution is 2.29. The van der Waals surface area contributed by atoms with Crippen molar-refractivity contribution in [3.63, 3.8) is 0 Å². The summed E-state index contributed by atoms with van der Waals surface area (Å²) in [6, 6.07) is 11.0. The molecule has 24 heavy (non-hydrogen) atoms. The standard InChI is InChI=1S/C17H14BrFN2O3/c1-24-16(22)11-5-6-15(14(19)9-11)21-8-7-20(17(21)23)13-4-2-3-12(18)10-13/h2-6,9-10H,7-8H2,1H3. The molecule has 124 valence electrons. The number of nitrogens with zero attached hydrogens (tertiary/aromatic N) is 2. The van der Waals surface area contributed by atoms with Crippen molar-refractivity contribution in [2.75, 3.05) is 30.0 Å². The Morgan fingerprint density at radius 3 is 2.58 bits per heavy atom. The molecule has 0 N–H and O–H groups in total. The number of rotatable bonds is 3. The maximum atomic E-state index is 14.3. The number of benzene rings is 2. The van der Waals surface area contributed by atoms with Crippen molar-refractivity contribution in [3.8, 4) is 0 Å². The lowest BCUT2D eigenvalue weighted by molar-refractivity contribution is 0.0600. The molecule has 0 unspecified atom stereocenters.